The SMILES string of the molecule is C[C@@H](NC(=O)[C@@H](CC(=O)CC1(CS(=O)(=O)C(C)(C)C)CCCCC1)C(C)(C)C)C(=O)N[C@H](Cc1ccccc1)C(=O)C(=O)NCc1ccccn1. The molecule has 1 fully saturated rings. The number of hydrogen-bond acceptors (Lipinski definition) is 8. The van der Waals surface area contributed by atoms with Crippen LogP contribution in [0.1, 0.15) is 105 Å². The summed E-state index contributed by atoms with van der Waals surface area (Å²) in [5.41, 5.74) is -0.0420. The number of benzene rings is 1. The van der Waals surface area contributed by atoms with E-state index >= 15 is 0 Å². The van der Waals surface area contributed by atoms with Gasteiger partial charge in [-0.25, -0.2) is 8.42 Å². The van der Waals surface area contributed by atoms with Gasteiger partial charge in [-0.15, -0.1) is 0 Å². The van der Waals surface area contributed by atoms with Crippen molar-refractivity contribution in [3.05, 3.63) is 66.0 Å². The Morgan fingerprint density at radius 1 is 0.843 bits per heavy atom. The molecule has 51 heavy (non-hydrogen) atoms. The number of rotatable bonds is 16. The van der Waals surface area contributed by atoms with E-state index < -0.39 is 66.9 Å². The van der Waals surface area contributed by atoms with Crippen LogP contribution in [0.15, 0.2) is 54.7 Å². The molecule has 3 rings (SSSR count). The predicted octanol–water partition coefficient (Wildman–Crippen LogP) is 4.67. The van der Waals surface area contributed by atoms with Crippen molar-refractivity contribution in [2.75, 3.05) is 5.75 Å². The molecule has 3 amide bonds. The second kappa shape index (κ2) is 17.5. The lowest BCUT2D eigenvalue weighted by molar-refractivity contribution is -0.140. The van der Waals surface area contributed by atoms with Crippen molar-refractivity contribution in [3.63, 3.8) is 0 Å². The second-order valence-corrected chi connectivity index (χ2v) is 18.9. The predicted molar refractivity (Wildman–Crippen MR) is 197 cm³/mol. The van der Waals surface area contributed by atoms with E-state index in [0.717, 1.165) is 24.8 Å². The first-order valence-electron chi connectivity index (χ1n) is 17.8. The Kier molecular flexibility index (Phi) is 14.3. The van der Waals surface area contributed by atoms with E-state index in [4.69, 9.17) is 0 Å². The van der Waals surface area contributed by atoms with Gasteiger partial charge >= 0.3 is 0 Å². The van der Waals surface area contributed by atoms with Crippen molar-refractivity contribution in [2.24, 2.45) is 16.7 Å². The molecule has 280 valence electrons. The van der Waals surface area contributed by atoms with Crippen LogP contribution >= 0.6 is 0 Å². The third-order valence-electron chi connectivity index (χ3n) is 9.76. The minimum absolute atomic E-state index is 0.0321. The molecule has 1 heterocycles. The highest BCUT2D eigenvalue weighted by Gasteiger charge is 2.44. The van der Waals surface area contributed by atoms with Gasteiger partial charge in [-0.05, 0) is 69.1 Å². The molecule has 3 N–H and O–H groups in total. The zero-order valence-corrected chi connectivity index (χ0v) is 32.0. The van der Waals surface area contributed by atoms with Crippen LogP contribution < -0.4 is 16.0 Å². The van der Waals surface area contributed by atoms with Crippen LogP contribution in [0.2, 0.25) is 0 Å². The lowest BCUT2D eigenvalue weighted by Crippen LogP contribution is -2.55. The third kappa shape index (κ3) is 12.4. The molecule has 0 radical (unpaired) electrons. The van der Waals surface area contributed by atoms with Crippen LogP contribution in [0.5, 0.6) is 0 Å². The summed E-state index contributed by atoms with van der Waals surface area (Å²) in [6.45, 7) is 12.1. The second-order valence-electron chi connectivity index (χ2n) is 16.1. The van der Waals surface area contributed by atoms with Crippen LogP contribution in [0.3, 0.4) is 0 Å². The van der Waals surface area contributed by atoms with Gasteiger partial charge in [0.05, 0.1) is 22.7 Å². The molecule has 0 saturated heterocycles. The first-order chi connectivity index (χ1) is 23.7. The molecule has 0 unspecified atom stereocenters. The van der Waals surface area contributed by atoms with E-state index in [1.54, 1.807) is 69.4 Å². The molecule has 1 aromatic carbocycles. The monoisotopic (exact) mass is 724 g/mol. The molecule has 2 aromatic rings. The summed E-state index contributed by atoms with van der Waals surface area (Å²) in [5.74, 6) is -3.94. The maximum atomic E-state index is 13.7. The fraction of sp³-hybridized carbons (Fsp3) is 0.590. The summed E-state index contributed by atoms with van der Waals surface area (Å²) in [5, 5.41) is 7.95. The van der Waals surface area contributed by atoms with E-state index in [1.807, 2.05) is 26.8 Å². The average Bonchev–Trinajstić information content (AvgIpc) is 3.05. The molecule has 0 bridgehead atoms. The van der Waals surface area contributed by atoms with E-state index in [1.165, 1.54) is 6.92 Å². The standard InChI is InChI=1S/C39H56N4O7S/c1-27(34(46)43-32(22-28-16-10-8-11-17-28)33(45)36(48)41-25-29-18-12-15-21-40-29)42-35(47)31(37(2,3)4)23-30(44)24-39(19-13-9-14-20-39)26-51(49,50)38(5,6)7/h8,10-12,15-18,21,27,31-32H,9,13-14,19-20,22-26H2,1-7H3,(H,41,48)(H,42,47)(H,43,46)/t27-,31-,32-/m1/s1. The summed E-state index contributed by atoms with van der Waals surface area (Å²) in [6.07, 6.45) is 5.57. The maximum absolute atomic E-state index is 13.7. The number of hydrogen-bond donors (Lipinski definition) is 3. The van der Waals surface area contributed by atoms with E-state index in [-0.39, 0.29) is 37.3 Å². The first kappa shape index (κ1) is 41.5. The van der Waals surface area contributed by atoms with Gasteiger partial charge < -0.3 is 16.0 Å². The molecular formula is C39H56N4O7S. The fourth-order valence-corrected chi connectivity index (χ4v) is 8.09. The number of ketones is 2. The molecule has 11 nitrogen and oxygen atoms in total. The summed E-state index contributed by atoms with van der Waals surface area (Å²) in [6, 6.07) is 11.9. The molecule has 1 aromatic heterocycles. The van der Waals surface area contributed by atoms with Crippen LogP contribution in [-0.2, 0) is 46.8 Å². The van der Waals surface area contributed by atoms with Crippen molar-refractivity contribution < 1.29 is 32.4 Å². The topological polar surface area (TPSA) is 168 Å². The molecule has 12 heteroatoms. The quantitative estimate of drug-likeness (QED) is 0.210. The van der Waals surface area contributed by atoms with E-state index in [0.29, 0.717) is 18.5 Å². The Morgan fingerprint density at radius 2 is 1.47 bits per heavy atom. The fourth-order valence-electron chi connectivity index (χ4n) is 6.46. The number of carbonyl (C=O) groups is 5. The van der Waals surface area contributed by atoms with Gasteiger partial charge in [0, 0.05) is 31.4 Å². The molecule has 1 aliphatic carbocycles. The van der Waals surface area contributed by atoms with E-state index in [2.05, 4.69) is 20.9 Å². The smallest absolute Gasteiger partial charge is 0.289 e. The zero-order chi connectivity index (χ0) is 38.0. The zero-order valence-electron chi connectivity index (χ0n) is 31.2. The Balaban J connectivity index is 1.71. The number of nitrogens with one attached hydrogen (secondary N) is 3. The molecule has 0 aliphatic heterocycles. The normalized spacial score (nSPS) is 16.6. The number of carbonyl (C=O) groups excluding carboxylic acids is 5. The van der Waals surface area contributed by atoms with Crippen LogP contribution in [-0.4, -0.2) is 65.3 Å². The number of nitrogens with zero attached hydrogens (tertiary/aromatic N) is 1. The summed E-state index contributed by atoms with van der Waals surface area (Å²) < 4.78 is 25.6. The Morgan fingerprint density at radius 3 is 2.04 bits per heavy atom. The molecule has 1 saturated carbocycles. The molecule has 1 aliphatic rings. The minimum atomic E-state index is -3.49. The van der Waals surface area contributed by atoms with Gasteiger partial charge in [0.2, 0.25) is 17.6 Å². The van der Waals surface area contributed by atoms with E-state index in [9.17, 15) is 32.4 Å². The van der Waals surface area contributed by atoms with Crippen LogP contribution in [0.4, 0.5) is 0 Å². The lowest BCUT2D eigenvalue weighted by atomic mass is 9.70. The summed E-state index contributed by atoms with van der Waals surface area (Å²) >= 11 is 0. The van der Waals surface area contributed by atoms with Crippen molar-refractivity contribution in [1.82, 2.24) is 20.9 Å². The number of pyridine rings is 1. The van der Waals surface area contributed by atoms with Crippen molar-refractivity contribution in [3.8, 4) is 0 Å². The number of sulfone groups is 1. The Hall–Kier alpha value is -3.93. The average molecular weight is 725 g/mol. The molecular weight excluding hydrogens is 669 g/mol. The van der Waals surface area contributed by atoms with Gasteiger partial charge in [-0.1, -0.05) is 76.4 Å². The third-order valence-corrected chi connectivity index (χ3v) is 12.6. The van der Waals surface area contributed by atoms with Gasteiger partial charge in [-0.2, -0.15) is 0 Å². The Labute approximate surface area is 303 Å². The summed E-state index contributed by atoms with van der Waals surface area (Å²) in [4.78, 5) is 71.3. The van der Waals surface area contributed by atoms with Crippen LogP contribution in [0, 0.1) is 16.7 Å². The number of aromatic nitrogens is 1. The van der Waals surface area contributed by atoms with Gasteiger partial charge in [-0.3, -0.25) is 29.0 Å². The van der Waals surface area contributed by atoms with Crippen molar-refractivity contribution >= 4 is 39.1 Å². The Bertz CT molecular complexity index is 1620. The van der Waals surface area contributed by atoms with Gasteiger partial charge in [0.15, 0.2) is 9.84 Å². The van der Waals surface area contributed by atoms with Crippen molar-refractivity contribution in [1.29, 1.82) is 0 Å². The molecule has 3 atom stereocenters. The lowest BCUT2D eigenvalue weighted by Gasteiger charge is -2.39. The first-order valence-corrected chi connectivity index (χ1v) is 19.5. The summed E-state index contributed by atoms with van der Waals surface area (Å²) in [7, 11) is -3.49. The van der Waals surface area contributed by atoms with Gasteiger partial charge in [0.25, 0.3) is 5.91 Å². The number of amides is 3. The highest BCUT2D eigenvalue weighted by Crippen LogP contribution is 2.43. The maximum Gasteiger partial charge on any atom is 0.289 e. The van der Waals surface area contributed by atoms with Crippen LogP contribution in [0.25, 0.3) is 0 Å². The van der Waals surface area contributed by atoms with Gasteiger partial charge in [0.1, 0.15) is 17.9 Å². The molecule has 0 spiro atoms. The minimum Gasteiger partial charge on any atom is -0.344 e. The highest BCUT2D eigenvalue weighted by molar-refractivity contribution is 7.92. The van der Waals surface area contributed by atoms with Crippen molar-refractivity contribution in [2.45, 2.75) is 123 Å². The largest absolute Gasteiger partial charge is 0.344 e. The number of Topliss-reactive ketones (excluding diaryl/α,β-unsaturated/α-hetero) is 2. The highest BCUT2D eigenvalue weighted by atomic mass is 32.2.